The maximum absolute atomic E-state index is 10.5. The van der Waals surface area contributed by atoms with Gasteiger partial charge in [-0.1, -0.05) is 0 Å². The number of hydrogen-bond acceptors (Lipinski definition) is 3. The third-order valence-electron chi connectivity index (χ3n) is 1.46. The molecule has 64 valence electrons. The number of hydrogen-bond donors (Lipinski definition) is 1. The van der Waals surface area contributed by atoms with Gasteiger partial charge in [-0.3, -0.25) is 4.79 Å². The lowest BCUT2D eigenvalue weighted by Crippen LogP contribution is -2.38. The maximum atomic E-state index is 10.5. The number of nitrogens with one attached hydrogen (secondary N) is 1. The highest BCUT2D eigenvalue weighted by molar-refractivity contribution is 5.72. The van der Waals surface area contributed by atoms with Gasteiger partial charge in [0.1, 0.15) is 0 Å². The van der Waals surface area contributed by atoms with E-state index < -0.39 is 0 Å². The minimum absolute atomic E-state index is 0.0285. The van der Waals surface area contributed by atoms with Crippen LogP contribution in [0.4, 0.5) is 0 Å². The average Bonchev–Trinajstić information content (AvgIpc) is 2.03. The number of carbonyl (C=O) groups is 1. The Kier molecular flexibility index (Phi) is 3.32. The molecule has 4 nitrogen and oxygen atoms in total. The highest BCUT2D eigenvalue weighted by atomic mass is 16.6. The van der Waals surface area contributed by atoms with E-state index in [9.17, 15) is 4.79 Å². The van der Waals surface area contributed by atoms with Crippen molar-refractivity contribution in [3.63, 3.8) is 0 Å². The lowest BCUT2D eigenvalue weighted by molar-refractivity contribution is -0.121. The molecule has 0 aromatic carbocycles. The van der Waals surface area contributed by atoms with E-state index in [1.54, 1.807) is 0 Å². The van der Waals surface area contributed by atoms with Gasteiger partial charge in [-0.2, -0.15) is 0 Å². The Labute approximate surface area is 65.9 Å². The van der Waals surface area contributed by atoms with E-state index in [1.165, 1.54) is 6.92 Å². The summed E-state index contributed by atoms with van der Waals surface area (Å²) in [5.41, 5.74) is 0. The summed E-state index contributed by atoms with van der Waals surface area (Å²) in [4.78, 5) is 10.5. The first-order chi connectivity index (χ1) is 5.29. The third-order valence-corrected chi connectivity index (χ3v) is 1.46. The first-order valence-corrected chi connectivity index (χ1v) is 3.73. The smallest absolute Gasteiger partial charge is 0.216 e. The zero-order chi connectivity index (χ0) is 8.10. The summed E-state index contributed by atoms with van der Waals surface area (Å²) in [6, 6.07) is 0. The van der Waals surface area contributed by atoms with Crippen LogP contribution in [0.25, 0.3) is 0 Å². The van der Waals surface area contributed by atoms with Crippen LogP contribution in [0.3, 0.4) is 0 Å². The van der Waals surface area contributed by atoms with Crippen LogP contribution in [-0.2, 0) is 14.3 Å². The van der Waals surface area contributed by atoms with Crippen molar-refractivity contribution in [2.45, 2.75) is 13.0 Å². The second-order valence-electron chi connectivity index (χ2n) is 2.50. The molecular weight excluding hydrogens is 146 g/mol. The van der Waals surface area contributed by atoms with Crippen LogP contribution < -0.4 is 5.32 Å². The first kappa shape index (κ1) is 8.49. The minimum atomic E-state index is -0.0285. The van der Waals surface area contributed by atoms with Crippen LogP contribution in [0.2, 0.25) is 0 Å². The molecule has 4 heteroatoms. The maximum Gasteiger partial charge on any atom is 0.216 e. The lowest BCUT2D eigenvalue weighted by Gasteiger charge is -2.22. The molecule has 0 bridgehead atoms. The average molecular weight is 159 g/mol. The molecular formula is C7H13NO3. The summed E-state index contributed by atoms with van der Waals surface area (Å²) < 4.78 is 10.4. The van der Waals surface area contributed by atoms with Gasteiger partial charge >= 0.3 is 0 Å². The van der Waals surface area contributed by atoms with Crippen molar-refractivity contribution in [3.05, 3.63) is 0 Å². The van der Waals surface area contributed by atoms with Crippen molar-refractivity contribution >= 4 is 5.91 Å². The molecule has 1 amide bonds. The topological polar surface area (TPSA) is 47.6 Å². The fourth-order valence-electron chi connectivity index (χ4n) is 0.912. The Morgan fingerprint density at radius 3 is 3.00 bits per heavy atom. The van der Waals surface area contributed by atoms with Crippen molar-refractivity contribution in [2.75, 3.05) is 26.4 Å². The summed E-state index contributed by atoms with van der Waals surface area (Å²) in [6.45, 7) is 3.92. The van der Waals surface area contributed by atoms with Crippen molar-refractivity contribution in [1.29, 1.82) is 0 Å². The molecule has 1 heterocycles. The first-order valence-electron chi connectivity index (χ1n) is 3.73. The Morgan fingerprint density at radius 2 is 2.45 bits per heavy atom. The van der Waals surface area contributed by atoms with E-state index in [0.717, 1.165) is 0 Å². The molecule has 0 unspecified atom stereocenters. The van der Waals surface area contributed by atoms with Crippen LogP contribution in [-0.4, -0.2) is 38.4 Å². The van der Waals surface area contributed by atoms with Crippen molar-refractivity contribution in [3.8, 4) is 0 Å². The molecule has 1 saturated heterocycles. The molecule has 0 spiro atoms. The van der Waals surface area contributed by atoms with Gasteiger partial charge < -0.3 is 14.8 Å². The number of ether oxygens (including phenoxy) is 2. The van der Waals surface area contributed by atoms with Gasteiger partial charge in [-0.15, -0.1) is 0 Å². The molecule has 0 aromatic heterocycles. The monoisotopic (exact) mass is 159 g/mol. The van der Waals surface area contributed by atoms with Gasteiger partial charge in [0.05, 0.1) is 25.9 Å². The predicted molar refractivity (Wildman–Crippen MR) is 39.2 cm³/mol. The zero-order valence-electron chi connectivity index (χ0n) is 6.63. The zero-order valence-corrected chi connectivity index (χ0v) is 6.63. The molecule has 1 aliphatic rings. The largest absolute Gasteiger partial charge is 0.376 e. The van der Waals surface area contributed by atoms with E-state index in [-0.39, 0.29) is 12.0 Å². The van der Waals surface area contributed by atoms with Gasteiger partial charge in [0.15, 0.2) is 0 Å². The second kappa shape index (κ2) is 4.31. The molecule has 0 saturated carbocycles. The summed E-state index contributed by atoms with van der Waals surface area (Å²) in [6.07, 6.45) is 0.0349. The highest BCUT2D eigenvalue weighted by Crippen LogP contribution is 1.98. The number of rotatable bonds is 2. The van der Waals surface area contributed by atoms with E-state index >= 15 is 0 Å². The van der Waals surface area contributed by atoms with E-state index in [0.29, 0.717) is 26.4 Å². The van der Waals surface area contributed by atoms with Crippen LogP contribution in [0.15, 0.2) is 0 Å². The SMILES string of the molecule is CC(=O)NC[C@@H]1COCCO1. The summed E-state index contributed by atoms with van der Waals surface area (Å²) in [7, 11) is 0. The number of carbonyl (C=O) groups excluding carboxylic acids is 1. The van der Waals surface area contributed by atoms with Gasteiger partial charge in [0, 0.05) is 13.5 Å². The molecule has 1 fully saturated rings. The lowest BCUT2D eigenvalue weighted by atomic mass is 10.3. The van der Waals surface area contributed by atoms with Gasteiger partial charge in [-0.05, 0) is 0 Å². The molecule has 1 rings (SSSR count). The third kappa shape index (κ3) is 3.34. The fraction of sp³-hybridized carbons (Fsp3) is 0.857. The molecule has 11 heavy (non-hydrogen) atoms. The molecule has 0 aliphatic carbocycles. The standard InChI is InChI=1S/C7H13NO3/c1-6(9)8-4-7-5-10-2-3-11-7/h7H,2-5H2,1H3,(H,8,9)/t7-/m1/s1. The fourth-order valence-corrected chi connectivity index (χ4v) is 0.912. The Hall–Kier alpha value is -0.610. The van der Waals surface area contributed by atoms with Gasteiger partial charge in [0.2, 0.25) is 5.91 Å². The van der Waals surface area contributed by atoms with Crippen LogP contribution in [0.5, 0.6) is 0 Å². The van der Waals surface area contributed by atoms with Gasteiger partial charge in [-0.25, -0.2) is 0 Å². The van der Waals surface area contributed by atoms with Crippen LogP contribution in [0, 0.1) is 0 Å². The second-order valence-corrected chi connectivity index (χ2v) is 2.50. The highest BCUT2D eigenvalue weighted by Gasteiger charge is 2.13. The van der Waals surface area contributed by atoms with Crippen molar-refractivity contribution < 1.29 is 14.3 Å². The van der Waals surface area contributed by atoms with Crippen molar-refractivity contribution in [2.24, 2.45) is 0 Å². The Bertz CT molecular complexity index is 132. The number of amides is 1. The molecule has 0 radical (unpaired) electrons. The normalized spacial score (nSPS) is 24.6. The van der Waals surface area contributed by atoms with E-state index in [1.807, 2.05) is 0 Å². The molecule has 1 atom stereocenters. The van der Waals surface area contributed by atoms with Gasteiger partial charge in [0.25, 0.3) is 0 Å². The quantitative estimate of drug-likeness (QED) is 0.593. The van der Waals surface area contributed by atoms with E-state index in [4.69, 9.17) is 9.47 Å². The Morgan fingerprint density at radius 1 is 1.64 bits per heavy atom. The Balaban J connectivity index is 2.09. The van der Waals surface area contributed by atoms with Crippen LogP contribution in [0.1, 0.15) is 6.92 Å². The van der Waals surface area contributed by atoms with E-state index in [2.05, 4.69) is 5.32 Å². The van der Waals surface area contributed by atoms with Crippen molar-refractivity contribution in [1.82, 2.24) is 5.32 Å². The summed E-state index contributed by atoms with van der Waals surface area (Å²) in [5.74, 6) is -0.0285. The summed E-state index contributed by atoms with van der Waals surface area (Å²) in [5, 5.41) is 2.67. The predicted octanol–water partition coefficient (Wildman–Crippen LogP) is -0.462. The summed E-state index contributed by atoms with van der Waals surface area (Å²) >= 11 is 0. The molecule has 0 aromatic rings. The van der Waals surface area contributed by atoms with Crippen LogP contribution >= 0.6 is 0 Å². The molecule has 1 aliphatic heterocycles. The molecule has 1 N–H and O–H groups in total. The minimum Gasteiger partial charge on any atom is -0.376 e.